The summed E-state index contributed by atoms with van der Waals surface area (Å²) in [6.45, 7) is 4.85. The number of carbonyl (C=O) groups excluding carboxylic acids is 4. The van der Waals surface area contributed by atoms with E-state index < -0.39 is 97.5 Å². The average Bonchev–Trinajstić information content (AvgIpc) is 3.63. The van der Waals surface area contributed by atoms with Crippen LogP contribution in [0.25, 0.3) is 0 Å². The molecule has 0 radical (unpaired) electrons. The second-order valence-corrected chi connectivity index (χ2v) is 28.1. The quantitative estimate of drug-likeness (QED) is 0.0169. The second-order valence-electron chi connectivity index (χ2n) is 25.2. The summed E-state index contributed by atoms with van der Waals surface area (Å²) >= 11 is 0. The Morgan fingerprint density at radius 3 is 0.761 bits per heavy atom. The number of ether oxygens (including phenoxy) is 4. The van der Waals surface area contributed by atoms with Crippen molar-refractivity contribution in [3.05, 3.63) is 36.5 Å². The SMILES string of the molecule is CCCCCC/C=C\CCCCCCCC(=O)OCC(COP(=O)(O)OCC(O)COP(=O)(O)OCC(COC(=O)CCCCCCCCCCCCCCC)OC(=O)CCCCCCC/C=C\CCCCCC)OC(=O)CCCCCCC/C=C\CCCCCC. The zero-order chi connectivity index (χ0) is 67.5. The number of allylic oxidation sites excluding steroid dienone is 6. The van der Waals surface area contributed by atoms with Crippen LogP contribution in [0.4, 0.5) is 0 Å². The largest absolute Gasteiger partial charge is 0.472 e. The van der Waals surface area contributed by atoms with Crippen LogP contribution in [0.3, 0.4) is 0 Å². The number of aliphatic hydroxyl groups is 1. The lowest BCUT2D eigenvalue weighted by Crippen LogP contribution is -2.30. The van der Waals surface area contributed by atoms with Crippen molar-refractivity contribution in [3.8, 4) is 0 Å². The van der Waals surface area contributed by atoms with Gasteiger partial charge in [-0.25, -0.2) is 9.13 Å². The van der Waals surface area contributed by atoms with Gasteiger partial charge in [0.15, 0.2) is 12.2 Å². The molecular weight excluding hydrogens is 1210 g/mol. The predicted octanol–water partition coefficient (Wildman–Crippen LogP) is 20.8. The van der Waals surface area contributed by atoms with Crippen molar-refractivity contribution >= 4 is 39.5 Å². The third-order valence-electron chi connectivity index (χ3n) is 16.1. The van der Waals surface area contributed by atoms with Crippen LogP contribution in [0.1, 0.15) is 349 Å². The molecule has 0 saturated heterocycles. The van der Waals surface area contributed by atoms with Crippen molar-refractivity contribution in [2.45, 2.75) is 367 Å². The van der Waals surface area contributed by atoms with E-state index in [9.17, 15) is 43.2 Å². The average molecular weight is 1350 g/mol. The van der Waals surface area contributed by atoms with Crippen LogP contribution >= 0.6 is 15.6 Å². The lowest BCUT2D eigenvalue weighted by molar-refractivity contribution is -0.161. The molecule has 0 spiro atoms. The Morgan fingerprint density at radius 2 is 0.500 bits per heavy atom. The molecule has 19 heteroatoms. The zero-order valence-electron chi connectivity index (χ0n) is 58.7. The molecule has 0 aromatic heterocycles. The number of rotatable bonds is 71. The molecule has 0 fully saturated rings. The topological polar surface area (TPSA) is 237 Å². The minimum atomic E-state index is -4.96. The maximum Gasteiger partial charge on any atom is 0.472 e. The molecule has 540 valence electrons. The van der Waals surface area contributed by atoms with E-state index in [-0.39, 0.29) is 25.7 Å². The molecule has 5 unspecified atom stereocenters. The minimum absolute atomic E-state index is 0.0890. The first kappa shape index (κ1) is 89.3. The normalized spacial score (nSPS) is 14.2. The van der Waals surface area contributed by atoms with E-state index in [1.165, 1.54) is 135 Å². The van der Waals surface area contributed by atoms with Gasteiger partial charge in [0, 0.05) is 25.7 Å². The molecule has 0 bridgehead atoms. The van der Waals surface area contributed by atoms with Crippen molar-refractivity contribution < 1.29 is 80.2 Å². The fourth-order valence-corrected chi connectivity index (χ4v) is 11.9. The van der Waals surface area contributed by atoms with Crippen molar-refractivity contribution in [1.29, 1.82) is 0 Å². The molecule has 92 heavy (non-hydrogen) atoms. The van der Waals surface area contributed by atoms with Gasteiger partial charge in [0.05, 0.1) is 26.4 Å². The molecule has 0 amide bonds. The Bertz CT molecular complexity index is 1900. The van der Waals surface area contributed by atoms with Crippen molar-refractivity contribution in [1.82, 2.24) is 0 Å². The summed E-state index contributed by atoms with van der Waals surface area (Å²) in [5.74, 6) is -2.17. The Hall–Kier alpha value is -2.72. The van der Waals surface area contributed by atoms with Gasteiger partial charge in [-0.15, -0.1) is 0 Å². The number of unbranched alkanes of at least 4 members (excludes halogenated alkanes) is 39. The van der Waals surface area contributed by atoms with Crippen molar-refractivity contribution in [2.75, 3.05) is 39.6 Å². The molecule has 0 rings (SSSR count). The molecule has 0 aliphatic rings. The summed E-state index contributed by atoms with van der Waals surface area (Å²) in [4.78, 5) is 72.6. The maximum absolute atomic E-state index is 13.0. The summed E-state index contributed by atoms with van der Waals surface area (Å²) in [6, 6.07) is 0. The second kappa shape index (κ2) is 66.9. The van der Waals surface area contributed by atoms with E-state index >= 15 is 0 Å². The van der Waals surface area contributed by atoms with Gasteiger partial charge in [-0.1, -0.05) is 257 Å². The standard InChI is InChI=1S/C73H136O17P2/c1-5-9-13-17-21-25-29-33-37-41-45-49-53-57-70(75)83-63-68(89-72(77)59-55-51-47-43-39-35-31-27-23-19-15-11-7-3)65-87-91(79,80)85-61-67(74)62-86-92(81,82)88-66-69(90-73(78)60-56-52-48-44-40-36-32-28-24-20-16-12-8-4)64-84-71(76)58-54-50-46-42-38-34-30-26-22-18-14-10-6-2/h25,27-29,31-32,67-69,74H,5-24,26,30,33-66H2,1-4H3,(H,79,80)(H,81,82)/b29-25-,31-27-,32-28-. The molecule has 0 aromatic rings. The highest BCUT2D eigenvalue weighted by Crippen LogP contribution is 2.45. The van der Waals surface area contributed by atoms with Crippen LogP contribution in [-0.4, -0.2) is 96.7 Å². The lowest BCUT2D eigenvalue weighted by Gasteiger charge is -2.21. The van der Waals surface area contributed by atoms with Gasteiger partial charge < -0.3 is 33.8 Å². The summed E-state index contributed by atoms with van der Waals surface area (Å²) in [5, 5.41) is 10.6. The van der Waals surface area contributed by atoms with Crippen molar-refractivity contribution in [2.24, 2.45) is 0 Å². The van der Waals surface area contributed by atoms with Crippen LogP contribution in [0.15, 0.2) is 36.5 Å². The molecular formula is C73H136O17P2. The molecule has 0 aromatic carbocycles. The van der Waals surface area contributed by atoms with Gasteiger partial charge in [-0.05, 0) is 103 Å². The Labute approximate surface area is 560 Å². The summed E-state index contributed by atoms with van der Waals surface area (Å²) < 4.78 is 68.3. The van der Waals surface area contributed by atoms with Crippen molar-refractivity contribution in [3.63, 3.8) is 0 Å². The van der Waals surface area contributed by atoms with Gasteiger partial charge in [0.2, 0.25) is 0 Å². The highest BCUT2D eigenvalue weighted by atomic mass is 31.2. The molecule has 3 N–H and O–H groups in total. The molecule has 0 aliphatic heterocycles. The summed E-state index contributed by atoms with van der Waals surface area (Å²) in [5.41, 5.74) is 0. The highest BCUT2D eigenvalue weighted by Gasteiger charge is 2.30. The minimum Gasteiger partial charge on any atom is -0.462 e. The van der Waals surface area contributed by atoms with E-state index in [2.05, 4.69) is 64.2 Å². The molecule has 0 saturated carbocycles. The molecule has 0 heterocycles. The van der Waals surface area contributed by atoms with Crippen LogP contribution in [-0.2, 0) is 65.4 Å². The van der Waals surface area contributed by atoms with E-state index in [1.807, 2.05) is 0 Å². The van der Waals surface area contributed by atoms with E-state index in [1.54, 1.807) is 0 Å². The lowest BCUT2D eigenvalue weighted by atomic mass is 10.0. The zero-order valence-corrected chi connectivity index (χ0v) is 60.5. The van der Waals surface area contributed by atoms with Crippen LogP contribution in [0.5, 0.6) is 0 Å². The number of hydrogen-bond acceptors (Lipinski definition) is 15. The van der Waals surface area contributed by atoms with Crippen LogP contribution in [0.2, 0.25) is 0 Å². The first-order valence-corrected chi connectivity index (χ1v) is 40.2. The third-order valence-corrected chi connectivity index (χ3v) is 18.0. The summed E-state index contributed by atoms with van der Waals surface area (Å²) in [6.07, 6.45) is 59.9. The van der Waals surface area contributed by atoms with Gasteiger partial charge in [0.25, 0.3) is 0 Å². The van der Waals surface area contributed by atoms with E-state index in [0.29, 0.717) is 25.7 Å². The number of aliphatic hydroxyl groups excluding tert-OH is 1. The molecule has 5 atom stereocenters. The number of carbonyl (C=O) groups is 4. The van der Waals surface area contributed by atoms with E-state index in [0.717, 1.165) is 135 Å². The van der Waals surface area contributed by atoms with Gasteiger partial charge >= 0.3 is 39.5 Å². The van der Waals surface area contributed by atoms with Gasteiger partial charge in [0.1, 0.15) is 19.3 Å². The van der Waals surface area contributed by atoms with Crippen LogP contribution < -0.4 is 0 Å². The Balaban J connectivity index is 5.31. The first-order chi connectivity index (χ1) is 44.7. The number of phosphoric ester groups is 2. The number of esters is 4. The number of phosphoric acid groups is 2. The number of hydrogen-bond donors (Lipinski definition) is 3. The maximum atomic E-state index is 13.0. The highest BCUT2D eigenvalue weighted by molar-refractivity contribution is 7.47. The predicted molar refractivity (Wildman–Crippen MR) is 372 cm³/mol. The smallest absolute Gasteiger partial charge is 0.462 e. The first-order valence-electron chi connectivity index (χ1n) is 37.2. The van der Waals surface area contributed by atoms with Gasteiger partial charge in [-0.3, -0.25) is 37.3 Å². The fraction of sp³-hybridized carbons (Fsp3) is 0.863. The van der Waals surface area contributed by atoms with Crippen LogP contribution in [0, 0.1) is 0 Å². The van der Waals surface area contributed by atoms with Gasteiger partial charge in [-0.2, -0.15) is 0 Å². The summed E-state index contributed by atoms with van der Waals surface area (Å²) in [7, 11) is -9.92. The molecule has 0 aliphatic carbocycles. The Morgan fingerprint density at radius 1 is 0.293 bits per heavy atom. The monoisotopic (exact) mass is 1350 g/mol. The fourth-order valence-electron chi connectivity index (χ4n) is 10.3. The van der Waals surface area contributed by atoms with E-state index in [4.69, 9.17) is 37.0 Å². The third kappa shape index (κ3) is 65.9. The molecule has 17 nitrogen and oxygen atoms in total. The Kier molecular flexibility index (Phi) is 64.9.